The maximum Gasteiger partial charge on any atom is 0.257 e. The zero-order chi connectivity index (χ0) is 23.5. The fourth-order valence-corrected chi connectivity index (χ4v) is 4.43. The first-order valence-corrected chi connectivity index (χ1v) is 11.3. The van der Waals surface area contributed by atoms with E-state index >= 15 is 0 Å². The zero-order valence-corrected chi connectivity index (χ0v) is 19.8. The van der Waals surface area contributed by atoms with E-state index in [0.29, 0.717) is 38.3 Å². The van der Waals surface area contributed by atoms with E-state index in [0.717, 1.165) is 33.9 Å². The fourth-order valence-electron chi connectivity index (χ4n) is 4.43. The molecule has 1 aromatic heterocycles. The van der Waals surface area contributed by atoms with Crippen LogP contribution in [0.4, 0.5) is 5.69 Å². The molecule has 0 atom stereocenters. The molecule has 4 rings (SSSR count). The molecule has 0 bridgehead atoms. The van der Waals surface area contributed by atoms with Crippen LogP contribution < -0.4 is 5.32 Å². The number of nitrogens with zero attached hydrogens (tertiary/aromatic N) is 4. The Morgan fingerprint density at radius 1 is 0.879 bits per heavy atom. The lowest BCUT2D eigenvalue weighted by molar-refractivity contribution is -0.117. The highest BCUT2D eigenvalue weighted by Crippen LogP contribution is 2.21. The minimum absolute atomic E-state index is 0.00631. The molecule has 1 aliphatic rings. The summed E-state index contributed by atoms with van der Waals surface area (Å²) in [6.07, 6.45) is 0. The van der Waals surface area contributed by atoms with Crippen LogP contribution in [0, 0.1) is 27.7 Å². The Bertz CT molecular complexity index is 1140. The monoisotopic (exact) mass is 445 g/mol. The molecule has 2 aromatic carbocycles. The largest absolute Gasteiger partial charge is 0.336 e. The first kappa shape index (κ1) is 22.7. The van der Waals surface area contributed by atoms with E-state index in [9.17, 15) is 9.59 Å². The van der Waals surface area contributed by atoms with Gasteiger partial charge in [0.15, 0.2) is 0 Å². The standard InChI is InChI=1S/C26H31N5O2/c1-18-9-8-10-19(2)25(18)27-23(32)17-29-13-15-30(16-14-29)26(33)24-20(3)28-31(21(24)4)22-11-6-5-7-12-22/h5-12H,13-17H2,1-4H3,(H,27,32). The third kappa shape index (κ3) is 4.83. The van der Waals surface area contributed by atoms with Gasteiger partial charge in [-0.05, 0) is 51.0 Å². The molecular formula is C26H31N5O2. The Morgan fingerprint density at radius 3 is 2.15 bits per heavy atom. The number of carbonyl (C=O) groups is 2. The lowest BCUT2D eigenvalue weighted by Crippen LogP contribution is -2.50. The second kappa shape index (κ2) is 9.58. The fraction of sp³-hybridized carbons (Fsp3) is 0.346. The summed E-state index contributed by atoms with van der Waals surface area (Å²) in [5.41, 5.74) is 6.19. The van der Waals surface area contributed by atoms with E-state index in [1.54, 1.807) is 0 Å². The Morgan fingerprint density at radius 2 is 1.52 bits per heavy atom. The molecule has 1 saturated heterocycles. The smallest absolute Gasteiger partial charge is 0.257 e. The number of carbonyl (C=O) groups excluding carboxylic acids is 2. The average Bonchev–Trinajstić information content (AvgIpc) is 3.11. The Balaban J connectivity index is 1.37. The van der Waals surface area contributed by atoms with E-state index in [1.807, 2.05) is 85.8 Å². The summed E-state index contributed by atoms with van der Waals surface area (Å²) in [5, 5.41) is 7.66. The molecule has 0 unspecified atom stereocenters. The van der Waals surface area contributed by atoms with Crippen LogP contribution in [0.25, 0.3) is 5.69 Å². The van der Waals surface area contributed by atoms with Gasteiger partial charge in [0.05, 0.1) is 29.2 Å². The molecule has 3 aromatic rings. The van der Waals surface area contributed by atoms with Crippen LogP contribution in [-0.4, -0.2) is 64.1 Å². The third-order valence-corrected chi connectivity index (χ3v) is 6.28. The molecule has 1 fully saturated rings. The second-order valence-electron chi connectivity index (χ2n) is 8.68. The van der Waals surface area contributed by atoms with Crippen molar-refractivity contribution in [1.82, 2.24) is 19.6 Å². The summed E-state index contributed by atoms with van der Waals surface area (Å²) >= 11 is 0. The normalized spacial score (nSPS) is 14.4. The van der Waals surface area contributed by atoms with Gasteiger partial charge in [-0.1, -0.05) is 36.4 Å². The topological polar surface area (TPSA) is 70.5 Å². The zero-order valence-electron chi connectivity index (χ0n) is 19.8. The number of hydrogen-bond donors (Lipinski definition) is 1. The highest BCUT2D eigenvalue weighted by atomic mass is 16.2. The van der Waals surface area contributed by atoms with Crippen LogP contribution in [-0.2, 0) is 4.79 Å². The summed E-state index contributed by atoms with van der Waals surface area (Å²) in [6.45, 7) is 10.6. The van der Waals surface area contributed by atoms with Crippen LogP contribution in [0.5, 0.6) is 0 Å². The molecule has 2 heterocycles. The predicted molar refractivity (Wildman–Crippen MR) is 130 cm³/mol. The van der Waals surface area contributed by atoms with E-state index in [1.165, 1.54) is 0 Å². The van der Waals surface area contributed by atoms with Gasteiger partial charge in [0.1, 0.15) is 0 Å². The average molecular weight is 446 g/mol. The maximum atomic E-state index is 13.3. The molecule has 2 amide bonds. The van der Waals surface area contributed by atoms with Crippen molar-refractivity contribution in [1.29, 1.82) is 0 Å². The second-order valence-corrected chi connectivity index (χ2v) is 8.68. The molecule has 0 spiro atoms. The van der Waals surface area contributed by atoms with Crippen LogP contribution in [0.2, 0.25) is 0 Å². The SMILES string of the molecule is Cc1cccc(C)c1NC(=O)CN1CCN(C(=O)c2c(C)nn(-c3ccccc3)c2C)CC1. The lowest BCUT2D eigenvalue weighted by Gasteiger charge is -2.34. The molecule has 0 aliphatic carbocycles. The molecule has 33 heavy (non-hydrogen) atoms. The third-order valence-electron chi connectivity index (χ3n) is 6.28. The van der Waals surface area contributed by atoms with Crippen molar-refractivity contribution in [2.24, 2.45) is 0 Å². The number of piperazine rings is 1. The van der Waals surface area contributed by atoms with Crippen molar-refractivity contribution in [3.63, 3.8) is 0 Å². The van der Waals surface area contributed by atoms with Crippen LogP contribution >= 0.6 is 0 Å². The first-order valence-electron chi connectivity index (χ1n) is 11.3. The number of para-hydroxylation sites is 2. The van der Waals surface area contributed by atoms with Gasteiger partial charge < -0.3 is 10.2 Å². The molecule has 7 nitrogen and oxygen atoms in total. The van der Waals surface area contributed by atoms with Gasteiger partial charge >= 0.3 is 0 Å². The summed E-state index contributed by atoms with van der Waals surface area (Å²) in [5.74, 6) is -0.0187. The number of anilines is 1. The Kier molecular flexibility index (Phi) is 6.60. The Hall–Kier alpha value is -3.45. The summed E-state index contributed by atoms with van der Waals surface area (Å²) < 4.78 is 1.83. The van der Waals surface area contributed by atoms with Crippen LogP contribution in [0.1, 0.15) is 32.9 Å². The highest BCUT2D eigenvalue weighted by molar-refractivity contribution is 5.97. The van der Waals surface area contributed by atoms with Crippen molar-refractivity contribution >= 4 is 17.5 Å². The molecule has 1 aliphatic heterocycles. The highest BCUT2D eigenvalue weighted by Gasteiger charge is 2.28. The van der Waals surface area contributed by atoms with Crippen molar-refractivity contribution in [2.75, 3.05) is 38.0 Å². The quantitative estimate of drug-likeness (QED) is 0.653. The number of benzene rings is 2. The lowest BCUT2D eigenvalue weighted by atomic mass is 10.1. The predicted octanol–water partition coefficient (Wildman–Crippen LogP) is 3.50. The van der Waals surface area contributed by atoms with Gasteiger partial charge in [-0.25, -0.2) is 4.68 Å². The van der Waals surface area contributed by atoms with Crippen molar-refractivity contribution < 1.29 is 9.59 Å². The van der Waals surface area contributed by atoms with Gasteiger partial charge in [-0.15, -0.1) is 0 Å². The number of amides is 2. The molecule has 0 radical (unpaired) electrons. The van der Waals surface area contributed by atoms with Gasteiger partial charge in [-0.3, -0.25) is 14.5 Å². The number of aromatic nitrogens is 2. The summed E-state index contributed by atoms with van der Waals surface area (Å²) in [7, 11) is 0. The Labute approximate surface area is 195 Å². The van der Waals surface area contributed by atoms with Crippen LogP contribution in [0.15, 0.2) is 48.5 Å². The number of rotatable bonds is 5. The van der Waals surface area contributed by atoms with Crippen molar-refractivity contribution in [3.8, 4) is 5.69 Å². The van der Waals surface area contributed by atoms with E-state index in [4.69, 9.17) is 0 Å². The summed E-state index contributed by atoms with van der Waals surface area (Å²) in [6, 6.07) is 15.8. The summed E-state index contributed by atoms with van der Waals surface area (Å²) in [4.78, 5) is 29.9. The number of nitrogens with one attached hydrogen (secondary N) is 1. The van der Waals surface area contributed by atoms with Gasteiger partial charge in [0.2, 0.25) is 5.91 Å². The maximum absolute atomic E-state index is 13.3. The van der Waals surface area contributed by atoms with Crippen molar-refractivity contribution in [2.45, 2.75) is 27.7 Å². The number of hydrogen-bond acceptors (Lipinski definition) is 4. The first-order chi connectivity index (χ1) is 15.8. The molecule has 7 heteroatoms. The molecule has 172 valence electrons. The van der Waals surface area contributed by atoms with E-state index in [2.05, 4.69) is 15.3 Å². The minimum Gasteiger partial charge on any atom is -0.336 e. The molecular weight excluding hydrogens is 414 g/mol. The van der Waals surface area contributed by atoms with Gasteiger partial charge in [-0.2, -0.15) is 5.10 Å². The van der Waals surface area contributed by atoms with E-state index < -0.39 is 0 Å². The molecule has 1 N–H and O–H groups in total. The van der Waals surface area contributed by atoms with Gasteiger partial charge in [0, 0.05) is 31.9 Å². The minimum atomic E-state index is -0.0250. The molecule has 0 saturated carbocycles. The van der Waals surface area contributed by atoms with E-state index in [-0.39, 0.29) is 11.8 Å². The van der Waals surface area contributed by atoms with Gasteiger partial charge in [0.25, 0.3) is 5.91 Å². The number of aryl methyl sites for hydroxylation is 3. The van der Waals surface area contributed by atoms with Crippen molar-refractivity contribution in [3.05, 3.63) is 76.6 Å². The van der Waals surface area contributed by atoms with Crippen LogP contribution in [0.3, 0.4) is 0 Å².